The lowest BCUT2D eigenvalue weighted by Gasteiger charge is -2.43. The van der Waals surface area contributed by atoms with Crippen molar-refractivity contribution in [2.45, 2.75) is 0 Å². The minimum absolute atomic E-state index is 0.556. The molecule has 4 heteroatoms. The molecule has 0 spiro atoms. The minimum Gasteiger partial charge on any atom is -0.411 e. The van der Waals surface area contributed by atoms with Crippen molar-refractivity contribution in [1.29, 1.82) is 0 Å². The van der Waals surface area contributed by atoms with E-state index in [2.05, 4.69) is 10.3 Å². The quantitative estimate of drug-likeness (QED) is 0.466. The topological polar surface area (TPSA) is 65.2 Å². The van der Waals surface area contributed by atoms with Crippen molar-refractivity contribution in [3.05, 3.63) is 0 Å². The van der Waals surface area contributed by atoms with E-state index in [0.29, 0.717) is 35.5 Å². The van der Waals surface area contributed by atoms with Gasteiger partial charge in [0.2, 0.25) is 0 Å². The largest absolute Gasteiger partial charge is 0.411 e. The summed E-state index contributed by atoms with van der Waals surface area (Å²) in [5.74, 6) is 6.73. The summed E-state index contributed by atoms with van der Waals surface area (Å²) < 4.78 is 0. The zero-order valence-corrected chi connectivity index (χ0v) is 8.56. The molecular weight excluding hydrogens is 204 g/mol. The van der Waals surface area contributed by atoms with Crippen LogP contribution in [0.5, 0.6) is 0 Å². The average molecular weight is 216 g/mol. The molecule has 4 nitrogen and oxygen atoms in total. The van der Waals surface area contributed by atoms with Crippen molar-refractivity contribution < 1.29 is 10.4 Å². The molecule has 6 unspecified atom stereocenters. The van der Waals surface area contributed by atoms with Crippen molar-refractivity contribution in [2.75, 3.05) is 0 Å². The van der Waals surface area contributed by atoms with Gasteiger partial charge in [0.25, 0.3) is 0 Å². The Morgan fingerprint density at radius 2 is 0.875 bits per heavy atom. The van der Waals surface area contributed by atoms with Crippen LogP contribution in [0.3, 0.4) is 0 Å². The zero-order chi connectivity index (χ0) is 10.3. The fourth-order valence-corrected chi connectivity index (χ4v) is 7.52. The van der Waals surface area contributed by atoms with Crippen LogP contribution in [0.1, 0.15) is 0 Å². The van der Waals surface area contributed by atoms with Crippen molar-refractivity contribution in [2.24, 2.45) is 69.5 Å². The lowest BCUT2D eigenvalue weighted by molar-refractivity contribution is 0.0202. The Morgan fingerprint density at radius 1 is 0.562 bits per heavy atom. The van der Waals surface area contributed by atoms with E-state index in [4.69, 9.17) is 0 Å². The molecule has 16 heavy (non-hydrogen) atoms. The summed E-state index contributed by atoms with van der Waals surface area (Å²) >= 11 is 0. The third-order valence-corrected chi connectivity index (χ3v) is 7.14. The molecule has 0 saturated heterocycles. The molecule has 0 radical (unpaired) electrons. The highest BCUT2D eigenvalue weighted by Crippen LogP contribution is 2.89. The van der Waals surface area contributed by atoms with Gasteiger partial charge in [-0.25, -0.2) is 0 Å². The first-order chi connectivity index (χ1) is 7.90. The highest BCUT2D eigenvalue weighted by molar-refractivity contribution is 6.06. The first-order valence-electron chi connectivity index (χ1n) is 6.34. The molecule has 7 aliphatic carbocycles. The van der Waals surface area contributed by atoms with Crippen molar-refractivity contribution in [1.82, 2.24) is 0 Å². The number of rotatable bonds is 0. The molecule has 82 valence electrons. The van der Waals surface area contributed by atoms with Gasteiger partial charge in [-0.05, 0) is 35.5 Å². The van der Waals surface area contributed by atoms with Gasteiger partial charge in [-0.2, -0.15) is 0 Å². The summed E-state index contributed by atoms with van der Waals surface area (Å²) in [6, 6.07) is 0. The van der Waals surface area contributed by atoms with Gasteiger partial charge in [0.05, 0.1) is 11.4 Å². The van der Waals surface area contributed by atoms with Crippen LogP contribution in [-0.4, -0.2) is 21.8 Å². The van der Waals surface area contributed by atoms with E-state index in [1.54, 1.807) is 0 Å². The smallest absolute Gasteiger partial charge is 0.0644 e. The second kappa shape index (κ2) is 1.71. The summed E-state index contributed by atoms with van der Waals surface area (Å²) in [7, 11) is 0. The first kappa shape index (κ1) is 7.30. The highest BCUT2D eigenvalue weighted by atomic mass is 16.4. The van der Waals surface area contributed by atoms with E-state index < -0.39 is 0 Å². The van der Waals surface area contributed by atoms with E-state index in [1.807, 2.05) is 0 Å². The maximum Gasteiger partial charge on any atom is 0.0644 e. The molecule has 2 N–H and O–H groups in total. The summed E-state index contributed by atoms with van der Waals surface area (Å²) in [5, 5.41) is 25.7. The fraction of sp³-hybridized carbons (Fsp3) is 0.833. The van der Waals surface area contributed by atoms with E-state index in [9.17, 15) is 10.4 Å². The molecule has 7 rings (SSSR count). The minimum atomic E-state index is 0.556. The van der Waals surface area contributed by atoms with Gasteiger partial charge in [0.15, 0.2) is 0 Å². The molecular formula is C12H12N2O2. The fourth-order valence-electron chi connectivity index (χ4n) is 7.52. The van der Waals surface area contributed by atoms with Crippen LogP contribution >= 0.6 is 0 Å². The van der Waals surface area contributed by atoms with Gasteiger partial charge < -0.3 is 10.4 Å². The van der Waals surface area contributed by atoms with Gasteiger partial charge in [0.1, 0.15) is 0 Å². The Bertz CT molecular complexity index is 423. The van der Waals surface area contributed by atoms with Gasteiger partial charge >= 0.3 is 0 Å². The molecule has 0 heterocycles. The predicted octanol–water partition coefficient (Wildman–Crippen LogP) is 0.890. The van der Waals surface area contributed by atoms with E-state index in [1.165, 1.54) is 0 Å². The van der Waals surface area contributed by atoms with Crippen molar-refractivity contribution >= 4 is 11.4 Å². The van der Waals surface area contributed by atoms with Crippen LogP contribution in [0.2, 0.25) is 0 Å². The lowest BCUT2D eigenvalue weighted by Crippen LogP contribution is -2.41. The van der Waals surface area contributed by atoms with Crippen LogP contribution < -0.4 is 0 Å². The molecule has 7 aliphatic rings. The molecule has 0 aromatic rings. The molecule has 10 atom stereocenters. The van der Waals surface area contributed by atoms with Gasteiger partial charge in [-0.3, -0.25) is 0 Å². The molecule has 7 saturated carbocycles. The monoisotopic (exact) mass is 216 g/mol. The van der Waals surface area contributed by atoms with Gasteiger partial charge in [-0.15, -0.1) is 0 Å². The molecule has 0 aromatic carbocycles. The van der Waals surface area contributed by atoms with E-state index in [-0.39, 0.29) is 0 Å². The molecule has 4 bridgehead atoms. The molecule has 0 aliphatic heterocycles. The Labute approximate surface area is 92.0 Å². The second-order valence-electron chi connectivity index (χ2n) is 6.62. The summed E-state index contributed by atoms with van der Waals surface area (Å²) in [4.78, 5) is 0. The third-order valence-electron chi connectivity index (χ3n) is 7.14. The summed E-state index contributed by atoms with van der Waals surface area (Å²) in [6.07, 6.45) is 0. The molecule has 7 fully saturated rings. The average Bonchev–Trinajstić information content (AvgIpc) is 2.87. The van der Waals surface area contributed by atoms with Crippen molar-refractivity contribution in [3.63, 3.8) is 0 Å². The van der Waals surface area contributed by atoms with Crippen LogP contribution in [0.25, 0.3) is 0 Å². The van der Waals surface area contributed by atoms with Crippen LogP contribution in [0.4, 0.5) is 0 Å². The Morgan fingerprint density at radius 3 is 1.12 bits per heavy atom. The van der Waals surface area contributed by atoms with Gasteiger partial charge in [-0.1, -0.05) is 10.3 Å². The molecule has 0 amide bonds. The maximum atomic E-state index is 9.22. The Balaban J connectivity index is 1.72. The zero-order valence-electron chi connectivity index (χ0n) is 8.56. The predicted molar refractivity (Wildman–Crippen MR) is 53.3 cm³/mol. The highest BCUT2D eigenvalue weighted by Gasteiger charge is 2.90. The van der Waals surface area contributed by atoms with Crippen LogP contribution in [0, 0.1) is 59.2 Å². The summed E-state index contributed by atoms with van der Waals surface area (Å²) in [6.45, 7) is 0. The number of oxime groups is 2. The third kappa shape index (κ3) is 0.367. The first-order valence-corrected chi connectivity index (χ1v) is 6.34. The summed E-state index contributed by atoms with van der Waals surface area (Å²) in [5.41, 5.74) is 2.25. The maximum absolute atomic E-state index is 9.22. The van der Waals surface area contributed by atoms with E-state index in [0.717, 1.165) is 35.1 Å². The lowest BCUT2D eigenvalue weighted by atomic mass is 9.60. The Hall–Kier alpha value is -1.06. The second-order valence-corrected chi connectivity index (χ2v) is 6.62. The number of nitrogens with zero attached hydrogens (tertiary/aromatic N) is 2. The van der Waals surface area contributed by atoms with Crippen LogP contribution in [-0.2, 0) is 0 Å². The molecule has 0 aromatic heterocycles. The van der Waals surface area contributed by atoms with Crippen molar-refractivity contribution in [3.8, 4) is 0 Å². The number of hydrogen-bond acceptors (Lipinski definition) is 4. The van der Waals surface area contributed by atoms with E-state index >= 15 is 0 Å². The Kier molecular flexibility index (Phi) is 0.781. The normalized spacial score (nSPS) is 78.8. The standard InChI is InChI=1S/C12H12N2O2/c15-13-11-7-1-2-4-3(1)9(11)6-5(7)8(2)12(14-16)10(4)6/h1-10,15-16H/t1?,2?,3?,4?,5?,6?,7-,8-,9-,10+/m1/s1. The SMILES string of the molecule is ON=C1[C@@H]2C3C4C5C3[C@@H]1C1C2[C@@H]4C(=NO)[C@@H]51. The number of hydrogen-bond donors (Lipinski definition) is 2. The van der Waals surface area contributed by atoms with Crippen LogP contribution in [0.15, 0.2) is 10.3 Å². The van der Waals surface area contributed by atoms with Gasteiger partial charge in [0, 0.05) is 23.7 Å².